The van der Waals surface area contributed by atoms with Crippen molar-refractivity contribution in [2.45, 2.75) is 12.6 Å². The van der Waals surface area contributed by atoms with E-state index in [2.05, 4.69) is 15.6 Å². The molecule has 2 aliphatic rings. The van der Waals surface area contributed by atoms with Crippen molar-refractivity contribution < 1.29 is 4.74 Å². The lowest BCUT2D eigenvalue weighted by Gasteiger charge is -2.27. The normalized spacial score (nSPS) is 25.2. The minimum atomic E-state index is -0.407. The molecule has 0 amide bonds. The van der Waals surface area contributed by atoms with E-state index < -0.39 is 5.66 Å². The van der Waals surface area contributed by atoms with E-state index in [0.717, 1.165) is 17.2 Å². The summed E-state index contributed by atoms with van der Waals surface area (Å²) in [7, 11) is 0. The molecule has 1 aromatic rings. The number of aliphatic imine (C=N–C) groups is 1. The van der Waals surface area contributed by atoms with Crippen molar-refractivity contribution in [1.82, 2.24) is 10.6 Å². The van der Waals surface area contributed by atoms with Crippen molar-refractivity contribution in [3.63, 3.8) is 0 Å². The molecule has 2 aliphatic heterocycles. The molecule has 0 bridgehead atoms. The van der Waals surface area contributed by atoms with E-state index in [-0.39, 0.29) is 0 Å². The molecule has 4 nitrogen and oxygen atoms in total. The Morgan fingerprint density at radius 3 is 2.88 bits per heavy atom. The smallest absolute Gasteiger partial charge is 0.206 e. The molecule has 1 atom stereocenters. The van der Waals surface area contributed by atoms with Crippen LogP contribution in [0.15, 0.2) is 59.1 Å². The summed E-state index contributed by atoms with van der Waals surface area (Å²) >= 11 is 0. The van der Waals surface area contributed by atoms with Gasteiger partial charge in [0, 0.05) is 0 Å². The van der Waals surface area contributed by atoms with Crippen LogP contribution >= 0.6 is 0 Å². The SMILES string of the molecule is CC12N=CNC(Oc3ccccc3)=C1C=CN2. The Morgan fingerprint density at radius 1 is 1.24 bits per heavy atom. The van der Waals surface area contributed by atoms with Crippen molar-refractivity contribution in [1.29, 1.82) is 0 Å². The number of hydrogen-bond acceptors (Lipinski definition) is 4. The van der Waals surface area contributed by atoms with Crippen molar-refractivity contribution in [2.24, 2.45) is 4.99 Å². The molecule has 4 heteroatoms. The maximum atomic E-state index is 5.82. The van der Waals surface area contributed by atoms with Gasteiger partial charge in [0.05, 0.1) is 11.9 Å². The molecule has 3 rings (SSSR count). The molecule has 0 fully saturated rings. The summed E-state index contributed by atoms with van der Waals surface area (Å²) in [5.41, 5.74) is 0.596. The Labute approximate surface area is 99.7 Å². The number of rotatable bonds is 2. The van der Waals surface area contributed by atoms with Crippen LogP contribution in [0.1, 0.15) is 6.92 Å². The Hall–Kier alpha value is -2.23. The molecule has 0 saturated heterocycles. The van der Waals surface area contributed by atoms with Crippen LogP contribution in [0, 0.1) is 0 Å². The highest BCUT2D eigenvalue weighted by atomic mass is 16.5. The Kier molecular flexibility index (Phi) is 2.14. The predicted octanol–water partition coefficient (Wildman–Crippen LogP) is 1.74. The number of nitrogens with zero attached hydrogens (tertiary/aromatic N) is 1. The third-order valence-corrected chi connectivity index (χ3v) is 2.86. The third-order valence-electron chi connectivity index (χ3n) is 2.86. The summed E-state index contributed by atoms with van der Waals surface area (Å²) in [5.74, 6) is 1.52. The highest BCUT2D eigenvalue weighted by Gasteiger charge is 2.34. The van der Waals surface area contributed by atoms with Gasteiger partial charge in [0.15, 0.2) is 5.66 Å². The molecule has 0 radical (unpaired) electrons. The molecule has 17 heavy (non-hydrogen) atoms. The van der Waals surface area contributed by atoms with Crippen LogP contribution in [0.4, 0.5) is 0 Å². The third kappa shape index (κ3) is 1.67. The number of fused-ring (bicyclic) bond motifs is 1. The largest absolute Gasteiger partial charge is 0.441 e. The van der Waals surface area contributed by atoms with Gasteiger partial charge >= 0.3 is 0 Å². The van der Waals surface area contributed by atoms with Gasteiger partial charge in [-0.05, 0) is 31.3 Å². The first kappa shape index (κ1) is 9.96. The van der Waals surface area contributed by atoms with Gasteiger partial charge in [0.2, 0.25) is 5.88 Å². The first-order valence-electron chi connectivity index (χ1n) is 5.50. The molecule has 0 aromatic heterocycles. The van der Waals surface area contributed by atoms with E-state index in [1.807, 2.05) is 49.5 Å². The minimum Gasteiger partial charge on any atom is -0.441 e. The van der Waals surface area contributed by atoms with E-state index in [1.54, 1.807) is 6.34 Å². The lowest BCUT2D eigenvalue weighted by atomic mass is 10.0. The number of hydrogen-bond donors (Lipinski definition) is 2. The standard InChI is InChI=1S/C13H13N3O/c1-13-11(7-8-15-13)12(14-9-16-13)17-10-5-3-2-4-6-10/h2-9,15H,1H3,(H,14,16). The summed E-state index contributed by atoms with van der Waals surface area (Å²) in [5, 5.41) is 6.23. The monoisotopic (exact) mass is 227 g/mol. The zero-order valence-electron chi connectivity index (χ0n) is 9.47. The fourth-order valence-corrected chi connectivity index (χ4v) is 1.92. The summed E-state index contributed by atoms with van der Waals surface area (Å²) in [6.07, 6.45) is 5.51. The summed E-state index contributed by atoms with van der Waals surface area (Å²) in [4.78, 5) is 4.37. The summed E-state index contributed by atoms with van der Waals surface area (Å²) in [6.45, 7) is 2.01. The molecule has 0 saturated carbocycles. The van der Waals surface area contributed by atoms with E-state index >= 15 is 0 Å². The second-order valence-corrected chi connectivity index (χ2v) is 4.11. The van der Waals surface area contributed by atoms with Gasteiger partial charge in [-0.1, -0.05) is 18.2 Å². The van der Waals surface area contributed by atoms with Crippen LogP contribution in [0.3, 0.4) is 0 Å². The highest BCUT2D eigenvalue weighted by Crippen LogP contribution is 2.29. The number of para-hydroxylation sites is 1. The second-order valence-electron chi connectivity index (χ2n) is 4.11. The van der Waals surface area contributed by atoms with Crippen LogP contribution in [0.25, 0.3) is 0 Å². The van der Waals surface area contributed by atoms with Crippen LogP contribution in [-0.4, -0.2) is 12.0 Å². The van der Waals surface area contributed by atoms with Gasteiger partial charge in [0.25, 0.3) is 0 Å². The van der Waals surface area contributed by atoms with Crippen LogP contribution in [0.5, 0.6) is 5.75 Å². The lowest BCUT2D eigenvalue weighted by Crippen LogP contribution is -2.41. The van der Waals surface area contributed by atoms with Gasteiger partial charge in [-0.15, -0.1) is 0 Å². The van der Waals surface area contributed by atoms with Crippen molar-refractivity contribution >= 4 is 6.34 Å². The first-order valence-corrected chi connectivity index (χ1v) is 5.50. The first-order chi connectivity index (χ1) is 8.28. The van der Waals surface area contributed by atoms with Gasteiger partial charge < -0.3 is 15.4 Å². The predicted molar refractivity (Wildman–Crippen MR) is 66.4 cm³/mol. The van der Waals surface area contributed by atoms with Crippen LogP contribution < -0.4 is 15.4 Å². The molecule has 86 valence electrons. The number of nitrogens with one attached hydrogen (secondary N) is 2. The molecule has 2 N–H and O–H groups in total. The quantitative estimate of drug-likeness (QED) is 0.809. The number of benzene rings is 1. The lowest BCUT2D eigenvalue weighted by molar-refractivity contribution is 0.373. The molecule has 0 aliphatic carbocycles. The molecule has 0 spiro atoms. The van der Waals surface area contributed by atoms with E-state index in [0.29, 0.717) is 0 Å². The highest BCUT2D eigenvalue weighted by molar-refractivity contribution is 5.63. The van der Waals surface area contributed by atoms with E-state index in [1.165, 1.54) is 0 Å². The van der Waals surface area contributed by atoms with E-state index in [9.17, 15) is 0 Å². The molecule has 1 unspecified atom stereocenters. The fourth-order valence-electron chi connectivity index (χ4n) is 1.92. The minimum absolute atomic E-state index is 0.407. The zero-order valence-corrected chi connectivity index (χ0v) is 9.47. The summed E-state index contributed by atoms with van der Waals surface area (Å²) < 4.78 is 5.82. The second kappa shape index (κ2) is 3.66. The van der Waals surface area contributed by atoms with Gasteiger partial charge in [0.1, 0.15) is 5.75 Å². The Morgan fingerprint density at radius 2 is 2.06 bits per heavy atom. The molecular weight excluding hydrogens is 214 g/mol. The Bertz CT molecular complexity index is 519. The van der Waals surface area contributed by atoms with Crippen molar-refractivity contribution in [2.75, 3.05) is 0 Å². The van der Waals surface area contributed by atoms with Crippen LogP contribution in [0.2, 0.25) is 0 Å². The maximum Gasteiger partial charge on any atom is 0.206 e. The van der Waals surface area contributed by atoms with E-state index in [4.69, 9.17) is 4.74 Å². The zero-order chi connectivity index (χ0) is 11.7. The van der Waals surface area contributed by atoms with Crippen LogP contribution in [-0.2, 0) is 0 Å². The van der Waals surface area contributed by atoms with Gasteiger partial charge in [-0.2, -0.15) is 0 Å². The maximum absolute atomic E-state index is 5.82. The average Bonchev–Trinajstić information content (AvgIpc) is 2.73. The fraction of sp³-hybridized carbons (Fsp3) is 0.154. The number of ether oxygens (including phenoxy) is 1. The molecule has 2 heterocycles. The van der Waals surface area contributed by atoms with Gasteiger partial charge in [-0.3, -0.25) is 0 Å². The van der Waals surface area contributed by atoms with Crippen molar-refractivity contribution in [3.05, 3.63) is 54.1 Å². The van der Waals surface area contributed by atoms with Crippen molar-refractivity contribution in [3.8, 4) is 5.75 Å². The molecule has 1 aromatic carbocycles. The topological polar surface area (TPSA) is 45.7 Å². The molecular formula is C13H13N3O. The van der Waals surface area contributed by atoms with Gasteiger partial charge in [-0.25, -0.2) is 4.99 Å². The average molecular weight is 227 g/mol. The summed E-state index contributed by atoms with van der Waals surface area (Å²) in [6, 6.07) is 9.69. The Balaban J connectivity index is 1.93.